The maximum Gasteiger partial charge on any atom is 0.227 e. The van der Waals surface area contributed by atoms with Crippen molar-refractivity contribution in [2.75, 3.05) is 0 Å². The average molecular weight is 287 g/mol. The Morgan fingerprint density at radius 3 is 2.36 bits per heavy atom. The fraction of sp³-hybridized carbons (Fsp3) is 0.0526. The Bertz CT molecular complexity index is 1120. The van der Waals surface area contributed by atoms with Crippen molar-refractivity contribution in [3.05, 3.63) is 71.0 Å². The molecule has 0 bridgehead atoms. The quantitative estimate of drug-likeness (QED) is 0.362. The lowest BCUT2D eigenvalue weighted by molar-refractivity contribution is 0.0941. The molecule has 106 valence electrons. The molecule has 0 radical (unpaired) electrons. The lowest BCUT2D eigenvalue weighted by atomic mass is 10.00. The number of aromatic nitrogens is 1. The van der Waals surface area contributed by atoms with Crippen molar-refractivity contribution in [3.8, 4) is 0 Å². The minimum atomic E-state index is -0.106. The maximum absolute atomic E-state index is 12.4. The molecule has 0 unspecified atom stereocenters. The molecule has 0 fully saturated rings. The molecule has 22 heavy (non-hydrogen) atoms. The van der Waals surface area contributed by atoms with Gasteiger partial charge in [0.2, 0.25) is 5.91 Å². The van der Waals surface area contributed by atoms with E-state index in [4.69, 9.17) is 0 Å². The molecule has 0 N–H and O–H groups in total. The summed E-state index contributed by atoms with van der Waals surface area (Å²) in [6, 6.07) is 17.4. The molecule has 1 aromatic heterocycles. The summed E-state index contributed by atoms with van der Waals surface area (Å²) < 4.78 is 1.52. The van der Waals surface area contributed by atoms with Gasteiger partial charge in [0.25, 0.3) is 0 Å². The summed E-state index contributed by atoms with van der Waals surface area (Å²) in [6.45, 7) is 1.49. The normalized spacial score (nSPS) is 11.3. The summed E-state index contributed by atoms with van der Waals surface area (Å²) in [5.74, 6) is -0.106. The molecular formula is C19H13NO2. The highest BCUT2D eigenvalue weighted by molar-refractivity contribution is 6.12. The Labute approximate surface area is 126 Å². The van der Waals surface area contributed by atoms with Crippen molar-refractivity contribution < 1.29 is 4.79 Å². The van der Waals surface area contributed by atoms with Crippen molar-refractivity contribution in [1.82, 2.24) is 4.57 Å². The molecule has 0 aliphatic carbocycles. The molecular weight excluding hydrogens is 274 g/mol. The molecule has 4 rings (SSSR count). The molecule has 3 heteroatoms. The first-order valence-electron chi connectivity index (χ1n) is 7.13. The molecule has 0 atom stereocenters. The summed E-state index contributed by atoms with van der Waals surface area (Å²) in [6.07, 6.45) is 1.54. The fourth-order valence-electron chi connectivity index (χ4n) is 3.04. The monoisotopic (exact) mass is 287 g/mol. The van der Waals surface area contributed by atoms with Crippen molar-refractivity contribution in [1.29, 1.82) is 0 Å². The van der Waals surface area contributed by atoms with Crippen LogP contribution in [0.15, 0.2) is 65.6 Å². The second-order valence-electron chi connectivity index (χ2n) is 5.45. The standard InChI is InChI=1S/C19H13NO2/c1-12(21)20-9-8-18(22)19-16-11-14-5-3-2-4-13(14)10-15(16)6-7-17(19)20/h2-11H,1H3. The Kier molecular flexibility index (Phi) is 2.63. The molecule has 0 aliphatic heterocycles. The van der Waals surface area contributed by atoms with E-state index in [1.54, 1.807) is 6.20 Å². The fourth-order valence-corrected chi connectivity index (χ4v) is 3.04. The van der Waals surface area contributed by atoms with E-state index in [1.165, 1.54) is 17.6 Å². The van der Waals surface area contributed by atoms with Gasteiger partial charge in [0.1, 0.15) is 0 Å². The van der Waals surface area contributed by atoms with Crippen LogP contribution in [0.25, 0.3) is 32.4 Å². The lowest BCUT2D eigenvalue weighted by Crippen LogP contribution is -2.12. The van der Waals surface area contributed by atoms with Gasteiger partial charge in [0.15, 0.2) is 5.43 Å². The van der Waals surface area contributed by atoms with Crippen LogP contribution in [0.2, 0.25) is 0 Å². The number of fused-ring (bicyclic) bond motifs is 4. The first-order valence-corrected chi connectivity index (χ1v) is 7.13. The van der Waals surface area contributed by atoms with E-state index >= 15 is 0 Å². The topological polar surface area (TPSA) is 39.1 Å². The Morgan fingerprint density at radius 2 is 1.64 bits per heavy atom. The highest BCUT2D eigenvalue weighted by Crippen LogP contribution is 2.27. The maximum atomic E-state index is 12.4. The average Bonchev–Trinajstić information content (AvgIpc) is 2.52. The molecule has 0 saturated heterocycles. The summed E-state index contributed by atoms with van der Waals surface area (Å²) >= 11 is 0. The van der Waals surface area contributed by atoms with Crippen LogP contribution in [0, 0.1) is 0 Å². The molecule has 0 spiro atoms. The zero-order valence-corrected chi connectivity index (χ0v) is 12.0. The van der Waals surface area contributed by atoms with E-state index in [2.05, 4.69) is 12.1 Å². The van der Waals surface area contributed by atoms with Crippen LogP contribution in [0.4, 0.5) is 0 Å². The van der Waals surface area contributed by atoms with Crippen LogP contribution < -0.4 is 5.43 Å². The van der Waals surface area contributed by atoms with Crippen LogP contribution in [-0.2, 0) is 0 Å². The summed E-state index contributed by atoms with van der Waals surface area (Å²) in [7, 11) is 0. The highest BCUT2D eigenvalue weighted by Gasteiger charge is 2.10. The predicted octanol–water partition coefficient (Wildman–Crippen LogP) is 3.97. The van der Waals surface area contributed by atoms with E-state index in [-0.39, 0.29) is 11.3 Å². The number of carbonyl (C=O) groups is 1. The number of benzene rings is 3. The second-order valence-corrected chi connectivity index (χ2v) is 5.45. The predicted molar refractivity (Wildman–Crippen MR) is 89.5 cm³/mol. The minimum Gasteiger partial charge on any atom is -0.289 e. The van der Waals surface area contributed by atoms with Gasteiger partial charge in [0.05, 0.1) is 10.9 Å². The Balaban J connectivity index is 2.27. The summed E-state index contributed by atoms with van der Waals surface area (Å²) in [5.41, 5.74) is 0.594. The molecule has 0 aliphatic rings. The summed E-state index contributed by atoms with van der Waals surface area (Å²) in [5, 5.41) is 4.71. The van der Waals surface area contributed by atoms with Crippen LogP contribution in [-0.4, -0.2) is 10.5 Å². The van der Waals surface area contributed by atoms with E-state index in [9.17, 15) is 9.59 Å². The minimum absolute atomic E-state index is 0.0617. The zero-order chi connectivity index (χ0) is 15.3. The van der Waals surface area contributed by atoms with E-state index < -0.39 is 0 Å². The van der Waals surface area contributed by atoms with Crippen molar-refractivity contribution in [2.24, 2.45) is 0 Å². The van der Waals surface area contributed by atoms with Gasteiger partial charge in [-0.3, -0.25) is 14.2 Å². The van der Waals surface area contributed by atoms with Gasteiger partial charge < -0.3 is 0 Å². The van der Waals surface area contributed by atoms with Gasteiger partial charge >= 0.3 is 0 Å². The first kappa shape index (κ1) is 12.8. The number of hydrogen-bond donors (Lipinski definition) is 0. The third kappa shape index (κ3) is 1.76. The molecule has 4 aromatic rings. The van der Waals surface area contributed by atoms with Crippen LogP contribution in [0.5, 0.6) is 0 Å². The summed E-state index contributed by atoms with van der Waals surface area (Å²) in [4.78, 5) is 24.2. The molecule has 1 heterocycles. The molecule has 3 nitrogen and oxygen atoms in total. The number of nitrogens with zero attached hydrogens (tertiary/aromatic N) is 1. The van der Waals surface area contributed by atoms with Gasteiger partial charge in [-0.05, 0) is 39.7 Å². The molecule has 3 aromatic carbocycles. The highest BCUT2D eigenvalue weighted by atomic mass is 16.1. The second kappa shape index (κ2) is 4.53. The van der Waals surface area contributed by atoms with Crippen LogP contribution in [0.3, 0.4) is 0 Å². The first-order chi connectivity index (χ1) is 10.6. The Morgan fingerprint density at radius 1 is 0.909 bits per heavy atom. The van der Waals surface area contributed by atoms with Gasteiger partial charge in [0, 0.05) is 19.2 Å². The van der Waals surface area contributed by atoms with Crippen molar-refractivity contribution >= 4 is 38.4 Å². The van der Waals surface area contributed by atoms with Gasteiger partial charge in [-0.15, -0.1) is 0 Å². The van der Waals surface area contributed by atoms with E-state index in [0.29, 0.717) is 10.9 Å². The lowest BCUT2D eigenvalue weighted by Gasteiger charge is -2.10. The van der Waals surface area contributed by atoms with Gasteiger partial charge in [-0.25, -0.2) is 0 Å². The number of pyridine rings is 1. The van der Waals surface area contributed by atoms with Gasteiger partial charge in [-0.1, -0.05) is 30.3 Å². The largest absolute Gasteiger partial charge is 0.289 e. The SMILES string of the molecule is CC(=O)n1ccc(=O)c2c3cc4ccccc4cc3ccc21. The number of carbonyl (C=O) groups excluding carboxylic acids is 1. The van der Waals surface area contributed by atoms with E-state index in [0.717, 1.165) is 21.5 Å². The smallest absolute Gasteiger partial charge is 0.227 e. The molecule has 0 amide bonds. The number of hydrogen-bond acceptors (Lipinski definition) is 2. The molecule has 0 saturated carbocycles. The Hall–Kier alpha value is -2.94. The number of rotatable bonds is 0. The van der Waals surface area contributed by atoms with Crippen LogP contribution in [0.1, 0.15) is 11.7 Å². The third-order valence-corrected chi connectivity index (χ3v) is 4.08. The van der Waals surface area contributed by atoms with Crippen molar-refractivity contribution in [3.63, 3.8) is 0 Å². The zero-order valence-electron chi connectivity index (χ0n) is 12.0. The van der Waals surface area contributed by atoms with Crippen molar-refractivity contribution in [2.45, 2.75) is 6.92 Å². The third-order valence-electron chi connectivity index (χ3n) is 4.08. The van der Waals surface area contributed by atoms with E-state index in [1.807, 2.05) is 36.4 Å². The van der Waals surface area contributed by atoms with Crippen LogP contribution >= 0.6 is 0 Å². The van der Waals surface area contributed by atoms with Gasteiger partial charge in [-0.2, -0.15) is 0 Å².